The van der Waals surface area contributed by atoms with Crippen molar-refractivity contribution in [2.24, 2.45) is 0 Å². The van der Waals surface area contributed by atoms with Crippen LogP contribution in [0.15, 0.2) is 48.5 Å². The Balaban J connectivity index is 2.27. The molecule has 0 aliphatic rings. The predicted molar refractivity (Wildman–Crippen MR) is 65.2 cm³/mol. The molecule has 0 bridgehead atoms. The smallest absolute Gasteiger partial charge is 0.434 e. The molecule has 0 radical (unpaired) electrons. The van der Waals surface area contributed by atoms with Gasteiger partial charge in [0.15, 0.2) is 0 Å². The molecule has 112 valence electrons. The van der Waals surface area contributed by atoms with E-state index in [1.807, 2.05) is 0 Å². The molecular weight excluding hydrogens is 295 g/mol. The van der Waals surface area contributed by atoms with Crippen LogP contribution in [-0.2, 0) is 0 Å². The molecule has 0 aromatic heterocycles. The summed E-state index contributed by atoms with van der Waals surface area (Å²) >= 11 is 0. The fraction of sp³-hybridized carbons (Fsp3) is 0.143. The van der Waals surface area contributed by atoms with Crippen molar-refractivity contribution in [3.05, 3.63) is 48.5 Å². The van der Waals surface area contributed by atoms with Crippen LogP contribution in [0.4, 0.5) is 22.0 Å². The van der Waals surface area contributed by atoms with Crippen molar-refractivity contribution in [3.63, 3.8) is 0 Å². The van der Waals surface area contributed by atoms with Crippen LogP contribution in [-0.4, -0.2) is 13.0 Å². The Bertz CT molecular complexity index is 593. The second-order valence-electron chi connectivity index (χ2n) is 3.95. The van der Waals surface area contributed by atoms with E-state index in [4.69, 9.17) is 0 Å². The van der Waals surface area contributed by atoms with Crippen LogP contribution in [0.2, 0.25) is 0 Å². The molecule has 0 atom stereocenters. The van der Waals surface area contributed by atoms with Crippen LogP contribution in [0.1, 0.15) is 0 Å². The Morgan fingerprint density at radius 2 is 1.48 bits per heavy atom. The fourth-order valence-corrected chi connectivity index (χ4v) is 1.74. The number of alkyl halides is 5. The highest BCUT2D eigenvalue weighted by Crippen LogP contribution is 2.32. The van der Waals surface area contributed by atoms with Crippen molar-refractivity contribution >= 4 is 0 Å². The number of benzene rings is 2. The van der Waals surface area contributed by atoms with Crippen LogP contribution in [0.25, 0.3) is 11.1 Å². The predicted octanol–water partition coefficient (Wildman–Crippen LogP) is 4.85. The first-order valence-electron chi connectivity index (χ1n) is 5.75. The van der Waals surface area contributed by atoms with E-state index in [2.05, 4.69) is 9.47 Å². The van der Waals surface area contributed by atoms with E-state index in [1.54, 1.807) is 6.07 Å². The van der Waals surface area contributed by atoms with Crippen molar-refractivity contribution < 1.29 is 31.4 Å². The molecule has 0 amide bonds. The summed E-state index contributed by atoms with van der Waals surface area (Å²) < 4.78 is 68.8. The van der Waals surface area contributed by atoms with Crippen molar-refractivity contribution in [2.75, 3.05) is 0 Å². The average Bonchev–Trinajstić information content (AvgIpc) is 2.38. The van der Waals surface area contributed by atoms with Gasteiger partial charge in [0.05, 0.1) is 0 Å². The van der Waals surface area contributed by atoms with Crippen molar-refractivity contribution in [1.82, 2.24) is 0 Å². The van der Waals surface area contributed by atoms with Crippen LogP contribution >= 0.6 is 0 Å². The lowest BCUT2D eigenvalue weighted by atomic mass is 10.0. The third kappa shape index (κ3) is 4.34. The summed E-state index contributed by atoms with van der Waals surface area (Å²) in [6, 6.07) is 10.8. The molecule has 0 saturated heterocycles. The number of hydrogen-bond donors (Lipinski definition) is 0. The Kier molecular flexibility index (Phi) is 4.30. The van der Waals surface area contributed by atoms with Gasteiger partial charge in [0.1, 0.15) is 11.5 Å². The number of para-hydroxylation sites is 1. The minimum atomic E-state index is -4.78. The molecule has 2 rings (SSSR count). The summed E-state index contributed by atoms with van der Waals surface area (Å²) in [7, 11) is 0. The summed E-state index contributed by atoms with van der Waals surface area (Å²) in [6.07, 6.45) is -4.78. The molecule has 0 spiro atoms. The van der Waals surface area contributed by atoms with Crippen molar-refractivity contribution in [1.29, 1.82) is 0 Å². The van der Waals surface area contributed by atoms with Crippen LogP contribution < -0.4 is 9.47 Å². The quantitative estimate of drug-likeness (QED) is 0.751. The van der Waals surface area contributed by atoms with Gasteiger partial charge in [0, 0.05) is 5.56 Å². The maximum atomic E-state index is 12.3. The van der Waals surface area contributed by atoms with E-state index >= 15 is 0 Å². The highest BCUT2D eigenvalue weighted by atomic mass is 19.4. The van der Waals surface area contributed by atoms with E-state index in [9.17, 15) is 22.0 Å². The standard InChI is InChI=1S/C14H9F5O2/c15-13(16)20-12-4-2-1-3-11(12)9-5-7-10(8-6-9)21-14(17,18)19/h1-8,13H. The first-order chi connectivity index (χ1) is 9.85. The van der Waals surface area contributed by atoms with Crippen LogP contribution in [0.3, 0.4) is 0 Å². The maximum absolute atomic E-state index is 12.3. The molecule has 2 nitrogen and oxygen atoms in total. The zero-order valence-corrected chi connectivity index (χ0v) is 10.4. The van der Waals surface area contributed by atoms with Gasteiger partial charge in [-0.05, 0) is 23.8 Å². The summed E-state index contributed by atoms with van der Waals surface area (Å²) in [5.74, 6) is -0.449. The summed E-state index contributed by atoms with van der Waals surface area (Å²) in [4.78, 5) is 0. The Morgan fingerprint density at radius 1 is 0.857 bits per heavy atom. The van der Waals surface area contributed by atoms with E-state index in [0.717, 1.165) is 12.1 Å². The number of rotatable bonds is 4. The molecule has 2 aromatic rings. The summed E-state index contributed by atoms with van der Waals surface area (Å²) in [6.45, 7) is -2.99. The summed E-state index contributed by atoms with van der Waals surface area (Å²) in [5.41, 5.74) is 0.775. The van der Waals surface area contributed by atoms with Gasteiger partial charge in [-0.25, -0.2) is 0 Å². The molecule has 0 heterocycles. The lowest BCUT2D eigenvalue weighted by Gasteiger charge is -2.12. The van der Waals surface area contributed by atoms with Gasteiger partial charge in [-0.2, -0.15) is 8.78 Å². The highest BCUT2D eigenvalue weighted by molar-refractivity contribution is 5.70. The lowest BCUT2D eigenvalue weighted by Crippen LogP contribution is -2.16. The van der Waals surface area contributed by atoms with E-state index < -0.39 is 18.7 Å². The third-order valence-electron chi connectivity index (χ3n) is 2.50. The van der Waals surface area contributed by atoms with Crippen LogP contribution in [0.5, 0.6) is 11.5 Å². The summed E-state index contributed by atoms with van der Waals surface area (Å²) in [5, 5.41) is 0. The van der Waals surface area contributed by atoms with Crippen molar-refractivity contribution in [3.8, 4) is 22.6 Å². The molecule has 0 aliphatic carbocycles. The molecule has 21 heavy (non-hydrogen) atoms. The number of ether oxygens (including phenoxy) is 2. The second-order valence-corrected chi connectivity index (χ2v) is 3.95. The fourth-order valence-electron chi connectivity index (χ4n) is 1.74. The van der Waals surface area contributed by atoms with E-state index in [0.29, 0.717) is 11.1 Å². The molecule has 7 heteroatoms. The maximum Gasteiger partial charge on any atom is 0.573 e. The third-order valence-corrected chi connectivity index (χ3v) is 2.50. The Labute approximate surface area is 116 Å². The van der Waals surface area contributed by atoms with Crippen molar-refractivity contribution in [2.45, 2.75) is 13.0 Å². The Hall–Kier alpha value is -2.31. The zero-order chi connectivity index (χ0) is 15.5. The van der Waals surface area contributed by atoms with Gasteiger partial charge in [-0.3, -0.25) is 0 Å². The van der Waals surface area contributed by atoms with E-state index in [1.165, 1.54) is 30.3 Å². The first-order valence-corrected chi connectivity index (χ1v) is 5.75. The van der Waals surface area contributed by atoms with Crippen LogP contribution in [0, 0.1) is 0 Å². The zero-order valence-electron chi connectivity index (χ0n) is 10.4. The minimum absolute atomic E-state index is 0.0583. The molecule has 0 fully saturated rings. The van der Waals surface area contributed by atoms with Gasteiger partial charge in [0.25, 0.3) is 0 Å². The normalized spacial score (nSPS) is 11.5. The monoisotopic (exact) mass is 304 g/mol. The molecule has 0 unspecified atom stereocenters. The average molecular weight is 304 g/mol. The van der Waals surface area contributed by atoms with Gasteiger partial charge in [-0.1, -0.05) is 30.3 Å². The SMILES string of the molecule is FC(F)Oc1ccccc1-c1ccc(OC(F)(F)F)cc1. The largest absolute Gasteiger partial charge is 0.573 e. The van der Waals surface area contributed by atoms with Gasteiger partial charge in [-0.15, -0.1) is 13.2 Å². The van der Waals surface area contributed by atoms with Gasteiger partial charge in [0.2, 0.25) is 0 Å². The highest BCUT2D eigenvalue weighted by Gasteiger charge is 2.31. The Morgan fingerprint density at radius 3 is 2.05 bits per heavy atom. The van der Waals surface area contributed by atoms with Gasteiger partial charge >= 0.3 is 13.0 Å². The molecule has 0 aliphatic heterocycles. The molecule has 0 N–H and O–H groups in total. The molecular formula is C14H9F5O2. The number of hydrogen-bond acceptors (Lipinski definition) is 2. The second kappa shape index (κ2) is 5.99. The molecule has 2 aromatic carbocycles. The van der Waals surface area contributed by atoms with E-state index in [-0.39, 0.29) is 5.75 Å². The minimum Gasteiger partial charge on any atom is -0.434 e. The molecule has 0 saturated carbocycles. The first kappa shape index (κ1) is 15.1. The lowest BCUT2D eigenvalue weighted by molar-refractivity contribution is -0.274. The van der Waals surface area contributed by atoms with Gasteiger partial charge < -0.3 is 9.47 Å². The number of halogens is 5. The topological polar surface area (TPSA) is 18.5 Å².